The number of aromatic nitrogens is 3. The zero-order valence-electron chi connectivity index (χ0n) is 22.1. The van der Waals surface area contributed by atoms with Crippen molar-refractivity contribution in [3.63, 3.8) is 0 Å². The lowest BCUT2D eigenvalue weighted by molar-refractivity contribution is -0.118. The molecule has 0 spiro atoms. The zero-order chi connectivity index (χ0) is 27.1. The number of nitrogens with zero attached hydrogens (tertiary/aromatic N) is 4. The molecule has 1 N–H and O–H groups in total. The van der Waals surface area contributed by atoms with Crippen LogP contribution in [0.15, 0.2) is 83.1 Å². The predicted octanol–water partition coefficient (Wildman–Crippen LogP) is 5.49. The number of para-hydroxylation sites is 1. The van der Waals surface area contributed by atoms with Gasteiger partial charge in [0.2, 0.25) is 0 Å². The molecule has 1 amide bonds. The number of thioether (sulfide) groups is 1. The highest BCUT2D eigenvalue weighted by atomic mass is 32.2. The Morgan fingerprint density at radius 1 is 1.00 bits per heavy atom. The molecular weight excluding hydrogens is 498 g/mol. The summed E-state index contributed by atoms with van der Waals surface area (Å²) in [4.78, 5) is 12.6. The maximum absolute atomic E-state index is 12.6. The molecule has 0 unspecified atom stereocenters. The van der Waals surface area contributed by atoms with E-state index in [-0.39, 0.29) is 17.1 Å². The maximum atomic E-state index is 12.6. The standard InChI is InChI=1S/C29H31N5O3S/c1-29(2,3)22-14-11-20(12-15-22)27-32-33-28(34(27)23-9-7-6-8-10-23)38-19-26(35)31-30-18-21-13-16-24(36-4)17-25(21)37-5/h6-18H,19H2,1-5H3,(H,31,35)/b30-18-. The molecule has 4 aromatic rings. The normalized spacial score (nSPS) is 11.5. The molecule has 0 radical (unpaired) electrons. The Balaban J connectivity index is 1.50. The van der Waals surface area contributed by atoms with Gasteiger partial charge in [0.1, 0.15) is 11.5 Å². The Morgan fingerprint density at radius 3 is 2.39 bits per heavy atom. The molecule has 0 atom stereocenters. The highest BCUT2D eigenvalue weighted by Gasteiger charge is 2.19. The maximum Gasteiger partial charge on any atom is 0.250 e. The molecule has 0 saturated carbocycles. The first-order chi connectivity index (χ1) is 18.3. The number of carbonyl (C=O) groups excluding carboxylic acids is 1. The number of carbonyl (C=O) groups is 1. The summed E-state index contributed by atoms with van der Waals surface area (Å²) in [5, 5.41) is 13.6. The number of benzene rings is 3. The van der Waals surface area contributed by atoms with Crippen LogP contribution in [-0.4, -0.2) is 46.9 Å². The van der Waals surface area contributed by atoms with Crippen molar-refractivity contribution >= 4 is 23.9 Å². The number of amides is 1. The molecule has 38 heavy (non-hydrogen) atoms. The minimum atomic E-state index is -0.266. The Hall–Kier alpha value is -4.11. The van der Waals surface area contributed by atoms with Crippen LogP contribution in [0.25, 0.3) is 17.1 Å². The highest BCUT2D eigenvalue weighted by Crippen LogP contribution is 2.30. The summed E-state index contributed by atoms with van der Waals surface area (Å²) >= 11 is 1.29. The molecule has 1 heterocycles. The fourth-order valence-corrected chi connectivity index (χ4v) is 4.49. The van der Waals surface area contributed by atoms with Gasteiger partial charge in [-0.15, -0.1) is 10.2 Å². The van der Waals surface area contributed by atoms with Gasteiger partial charge in [0.25, 0.3) is 5.91 Å². The molecule has 0 bridgehead atoms. The second-order valence-electron chi connectivity index (χ2n) is 9.49. The van der Waals surface area contributed by atoms with Gasteiger partial charge in [-0.2, -0.15) is 5.10 Å². The van der Waals surface area contributed by atoms with E-state index in [0.29, 0.717) is 28.0 Å². The van der Waals surface area contributed by atoms with Crippen molar-refractivity contribution in [2.75, 3.05) is 20.0 Å². The van der Waals surface area contributed by atoms with Crippen LogP contribution in [0.4, 0.5) is 0 Å². The summed E-state index contributed by atoms with van der Waals surface area (Å²) in [5.74, 6) is 1.83. The third kappa shape index (κ3) is 6.41. The molecule has 1 aromatic heterocycles. The van der Waals surface area contributed by atoms with E-state index in [0.717, 1.165) is 11.3 Å². The van der Waals surface area contributed by atoms with Crippen molar-refractivity contribution in [2.24, 2.45) is 5.10 Å². The second kappa shape index (κ2) is 12.0. The molecule has 9 heteroatoms. The lowest BCUT2D eigenvalue weighted by Crippen LogP contribution is -2.20. The topological polar surface area (TPSA) is 90.6 Å². The van der Waals surface area contributed by atoms with Crippen molar-refractivity contribution in [3.8, 4) is 28.6 Å². The van der Waals surface area contributed by atoms with Crippen molar-refractivity contribution in [1.82, 2.24) is 20.2 Å². The molecule has 0 fully saturated rings. The number of hydrazone groups is 1. The third-order valence-corrected chi connectivity index (χ3v) is 6.75. The molecule has 0 aliphatic rings. The monoisotopic (exact) mass is 529 g/mol. The van der Waals surface area contributed by atoms with Gasteiger partial charge in [0, 0.05) is 22.9 Å². The Labute approximate surface area is 227 Å². The second-order valence-corrected chi connectivity index (χ2v) is 10.4. The molecule has 8 nitrogen and oxygen atoms in total. The van der Waals surface area contributed by atoms with Crippen molar-refractivity contribution in [1.29, 1.82) is 0 Å². The lowest BCUT2D eigenvalue weighted by Gasteiger charge is -2.19. The number of nitrogens with one attached hydrogen (secondary N) is 1. The van der Waals surface area contributed by atoms with E-state index in [1.165, 1.54) is 23.5 Å². The van der Waals surface area contributed by atoms with Crippen LogP contribution in [0.3, 0.4) is 0 Å². The van der Waals surface area contributed by atoms with Gasteiger partial charge in [-0.1, -0.05) is 75.0 Å². The molecule has 3 aromatic carbocycles. The van der Waals surface area contributed by atoms with Crippen LogP contribution in [0.2, 0.25) is 0 Å². The van der Waals surface area contributed by atoms with Crippen molar-refractivity contribution < 1.29 is 14.3 Å². The third-order valence-electron chi connectivity index (χ3n) is 5.82. The minimum Gasteiger partial charge on any atom is -0.497 e. The van der Waals surface area contributed by atoms with Crippen molar-refractivity contribution in [3.05, 3.63) is 83.9 Å². The van der Waals surface area contributed by atoms with Crippen LogP contribution in [0.1, 0.15) is 31.9 Å². The fraction of sp³-hybridized carbons (Fsp3) is 0.241. The Bertz CT molecular complexity index is 1410. The van der Waals surface area contributed by atoms with Gasteiger partial charge in [-0.3, -0.25) is 9.36 Å². The summed E-state index contributed by atoms with van der Waals surface area (Å²) in [6.45, 7) is 6.56. The molecule has 0 aliphatic carbocycles. The highest BCUT2D eigenvalue weighted by molar-refractivity contribution is 7.99. The first-order valence-corrected chi connectivity index (χ1v) is 13.1. The first kappa shape index (κ1) is 26.9. The average molecular weight is 530 g/mol. The van der Waals surface area contributed by atoms with Crippen LogP contribution in [-0.2, 0) is 10.2 Å². The molecular formula is C29H31N5O3S. The van der Waals surface area contributed by atoms with Gasteiger partial charge in [-0.25, -0.2) is 5.43 Å². The SMILES string of the molecule is COc1ccc(/C=N\NC(=O)CSc2nnc(-c3ccc(C(C)(C)C)cc3)n2-c2ccccc2)c(OC)c1. The Kier molecular flexibility index (Phi) is 8.48. The average Bonchev–Trinajstić information content (AvgIpc) is 3.36. The minimum absolute atomic E-state index is 0.0565. The predicted molar refractivity (Wildman–Crippen MR) is 152 cm³/mol. The van der Waals surface area contributed by atoms with E-state index in [1.54, 1.807) is 32.4 Å². The summed E-state index contributed by atoms with van der Waals surface area (Å²) < 4.78 is 12.5. The smallest absolute Gasteiger partial charge is 0.250 e. The summed E-state index contributed by atoms with van der Waals surface area (Å²) in [6.07, 6.45) is 1.53. The van der Waals surface area contributed by atoms with E-state index in [1.807, 2.05) is 34.9 Å². The van der Waals surface area contributed by atoms with Crippen molar-refractivity contribution in [2.45, 2.75) is 31.3 Å². The van der Waals surface area contributed by atoms with E-state index >= 15 is 0 Å². The number of hydrogen-bond donors (Lipinski definition) is 1. The molecule has 0 aliphatic heterocycles. The van der Waals surface area contributed by atoms with Gasteiger partial charge >= 0.3 is 0 Å². The largest absolute Gasteiger partial charge is 0.497 e. The number of methoxy groups -OCH3 is 2. The van der Waals surface area contributed by atoms with Crippen LogP contribution in [0.5, 0.6) is 11.5 Å². The van der Waals surface area contributed by atoms with Crippen LogP contribution < -0.4 is 14.9 Å². The number of rotatable bonds is 9. The molecule has 0 saturated heterocycles. The molecule has 4 rings (SSSR count). The molecule has 196 valence electrons. The summed E-state index contributed by atoms with van der Waals surface area (Å²) in [5.41, 5.74) is 6.44. The van der Waals surface area contributed by atoms with E-state index in [9.17, 15) is 4.79 Å². The first-order valence-electron chi connectivity index (χ1n) is 12.1. The number of hydrogen-bond acceptors (Lipinski definition) is 7. The number of ether oxygens (including phenoxy) is 2. The summed E-state index contributed by atoms with van der Waals surface area (Å²) in [6, 6.07) is 23.6. The van der Waals surface area contributed by atoms with Gasteiger partial charge < -0.3 is 9.47 Å². The lowest BCUT2D eigenvalue weighted by atomic mass is 9.87. The quantitative estimate of drug-likeness (QED) is 0.175. The van der Waals surface area contributed by atoms with Crippen LogP contribution in [0, 0.1) is 0 Å². The van der Waals surface area contributed by atoms with Gasteiger partial charge in [0.05, 0.1) is 26.2 Å². The van der Waals surface area contributed by atoms with E-state index in [4.69, 9.17) is 9.47 Å². The Morgan fingerprint density at radius 2 is 1.74 bits per heavy atom. The van der Waals surface area contributed by atoms with E-state index in [2.05, 4.69) is 65.8 Å². The van der Waals surface area contributed by atoms with Gasteiger partial charge in [-0.05, 0) is 35.2 Å². The summed E-state index contributed by atoms with van der Waals surface area (Å²) in [7, 11) is 3.15. The fourth-order valence-electron chi connectivity index (χ4n) is 3.74. The van der Waals surface area contributed by atoms with E-state index < -0.39 is 0 Å². The van der Waals surface area contributed by atoms with Crippen LogP contribution >= 0.6 is 11.8 Å². The zero-order valence-corrected chi connectivity index (χ0v) is 23.0. The van der Waals surface area contributed by atoms with Gasteiger partial charge in [0.15, 0.2) is 11.0 Å².